The first-order valence-corrected chi connectivity index (χ1v) is 10.8. The first-order valence-electron chi connectivity index (χ1n) is 9.34. The van der Waals surface area contributed by atoms with Crippen LogP contribution in [0.5, 0.6) is 0 Å². The molecule has 1 atom stereocenters. The van der Waals surface area contributed by atoms with E-state index < -0.39 is 16.2 Å². The fourth-order valence-electron chi connectivity index (χ4n) is 3.69. The highest BCUT2D eigenvalue weighted by molar-refractivity contribution is 7.89. The van der Waals surface area contributed by atoms with Crippen molar-refractivity contribution in [1.29, 1.82) is 0 Å². The largest absolute Gasteiger partial charge is 0.378 e. The normalized spacial score (nSPS) is 21.1. The van der Waals surface area contributed by atoms with Crippen molar-refractivity contribution in [2.24, 2.45) is 0 Å². The Bertz CT molecular complexity index is 915. The summed E-state index contributed by atoms with van der Waals surface area (Å²) in [7, 11) is -3.74. The number of benzene rings is 2. The first-order chi connectivity index (χ1) is 13.6. The Hall–Kier alpha value is -2.42. The molecule has 2 fully saturated rings. The molecular weight excluding hydrogens is 378 g/mol. The highest BCUT2D eigenvalue weighted by atomic mass is 32.2. The number of morpholine rings is 1. The lowest BCUT2D eigenvalue weighted by atomic mass is 10.1. The predicted octanol–water partition coefficient (Wildman–Crippen LogP) is 2.14. The second kappa shape index (κ2) is 7.90. The summed E-state index contributed by atoms with van der Waals surface area (Å²) in [6, 6.07) is 17.5. The molecule has 0 spiro atoms. The summed E-state index contributed by atoms with van der Waals surface area (Å²) in [5.41, 5.74) is 0.779. The molecule has 2 saturated heterocycles. The monoisotopic (exact) mass is 401 g/mol. The Morgan fingerprint density at radius 2 is 1.46 bits per heavy atom. The van der Waals surface area contributed by atoms with Gasteiger partial charge in [-0.15, -0.1) is 0 Å². The van der Waals surface area contributed by atoms with Crippen LogP contribution in [0.25, 0.3) is 0 Å². The highest BCUT2D eigenvalue weighted by Gasteiger charge is 2.44. The minimum absolute atomic E-state index is 0.150. The number of sulfonamides is 1. The van der Waals surface area contributed by atoms with Crippen LogP contribution in [0, 0.1) is 0 Å². The molecule has 28 heavy (non-hydrogen) atoms. The Morgan fingerprint density at radius 1 is 0.857 bits per heavy atom. The standard InChI is InChI=1S/C20H23N3O4S/c24-20(21-13-15-27-16-14-21)22-11-12-23(19(22)17-7-3-1-4-8-17)28(25,26)18-9-5-2-6-10-18/h1-10,19H,11-16H2. The van der Waals surface area contributed by atoms with E-state index in [9.17, 15) is 13.2 Å². The average Bonchev–Trinajstić information content (AvgIpc) is 3.21. The third kappa shape index (κ3) is 3.50. The van der Waals surface area contributed by atoms with Gasteiger partial charge in [-0.1, -0.05) is 48.5 Å². The van der Waals surface area contributed by atoms with Crippen LogP contribution in [0.15, 0.2) is 65.6 Å². The fourth-order valence-corrected chi connectivity index (χ4v) is 5.29. The summed E-state index contributed by atoms with van der Waals surface area (Å²) >= 11 is 0. The Kier molecular flexibility index (Phi) is 5.34. The van der Waals surface area contributed by atoms with Crippen molar-refractivity contribution in [3.8, 4) is 0 Å². The van der Waals surface area contributed by atoms with Gasteiger partial charge in [0.15, 0.2) is 0 Å². The van der Waals surface area contributed by atoms with Gasteiger partial charge in [0.05, 0.1) is 18.1 Å². The quantitative estimate of drug-likeness (QED) is 0.790. The van der Waals surface area contributed by atoms with Gasteiger partial charge in [-0.2, -0.15) is 4.31 Å². The summed E-state index contributed by atoms with van der Waals surface area (Å²) in [6.07, 6.45) is -0.665. The van der Waals surface area contributed by atoms with Crippen LogP contribution in [-0.4, -0.2) is 67.9 Å². The lowest BCUT2D eigenvalue weighted by Crippen LogP contribution is -2.49. The number of ether oxygens (including phenoxy) is 1. The molecule has 2 heterocycles. The van der Waals surface area contributed by atoms with Crippen molar-refractivity contribution in [3.05, 3.63) is 66.2 Å². The number of hydrogen-bond donors (Lipinski definition) is 0. The van der Waals surface area contributed by atoms with Crippen molar-refractivity contribution in [3.63, 3.8) is 0 Å². The fraction of sp³-hybridized carbons (Fsp3) is 0.350. The van der Waals surface area contributed by atoms with Crippen molar-refractivity contribution >= 4 is 16.1 Å². The maximum atomic E-state index is 13.3. The molecule has 1 unspecified atom stereocenters. The van der Waals surface area contributed by atoms with E-state index in [0.717, 1.165) is 5.56 Å². The molecule has 7 nitrogen and oxygen atoms in total. The zero-order valence-electron chi connectivity index (χ0n) is 15.5. The maximum absolute atomic E-state index is 13.3. The molecule has 2 aliphatic heterocycles. The maximum Gasteiger partial charge on any atom is 0.321 e. The average molecular weight is 401 g/mol. The third-order valence-corrected chi connectivity index (χ3v) is 6.97. The lowest BCUT2D eigenvalue weighted by molar-refractivity contribution is 0.0400. The predicted molar refractivity (Wildman–Crippen MR) is 104 cm³/mol. The summed E-state index contributed by atoms with van der Waals surface area (Å²) in [5, 5.41) is 0. The van der Waals surface area contributed by atoms with Crippen molar-refractivity contribution in [2.75, 3.05) is 39.4 Å². The molecule has 0 aliphatic carbocycles. The lowest BCUT2D eigenvalue weighted by Gasteiger charge is -2.35. The van der Waals surface area contributed by atoms with Gasteiger partial charge in [0, 0.05) is 26.2 Å². The zero-order chi connectivity index (χ0) is 19.6. The van der Waals surface area contributed by atoms with E-state index >= 15 is 0 Å². The SMILES string of the molecule is O=C(N1CCOCC1)N1CCN(S(=O)(=O)c2ccccc2)C1c1ccccc1. The summed E-state index contributed by atoms with van der Waals surface area (Å²) < 4.78 is 33.4. The Labute approximate surface area is 165 Å². The van der Waals surface area contributed by atoms with E-state index in [-0.39, 0.29) is 17.5 Å². The second-order valence-corrected chi connectivity index (χ2v) is 8.68. The molecule has 0 aromatic heterocycles. The van der Waals surface area contributed by atoms with Crippen LogP contribution >= 0.6 is 0 Å². The van der Waals surface area contributed by atoms with Crippen molar-refractivity contribution in [1.82, 2.24) is 14.1 Å². The summed E-state index contributed by atoms with van der Waals surface area (Å²) in [4.78, 5) is 16.8. The van der Waals surface area contributed by atoms with Crippen LogP contribution in [0.3, 0.4) is 0 Å². The summed E-state index contributed by atoms with van der Waals surface area (Å²) in [5.74, 6) is 0. The minimum atomic E-state index is -3.74. The van der Waals surface area contributed by atoms with Crippen LogP contribution in [-0.2, 0) is 14.8 Å². The molecule has 4 rings (SSSR count). The highest BCUT2D eigenvalue weighted by Crippen LogP contribution is 2.35. The van der Waals surface area contributed by atoms with Gasteiger partial charge in [-0.05, 0) is 17.7 Å². The molecule has 0 radical (unpaired) electrons. The molecular formula is C20H23N3O4S. The van der Waals surface area contributed by atoms with Crippen LogP contribution in [0.2, 0.25) is 0 Å². The van der Waals surface area contributed by atoms with Gasteiger partial charge in [0.25, 0.3) is 0 Å². The smallest absolute Gasteiger partial charge is 0.321 e. The summed E-state index contributed by atoms with van der Waals surface area (Å²) in [6.45, 7) is 2.64. The molecule has 2 aromatic carbocycles. The van der Waals surface area contributed by atoms with Gasteiger partial charge in [0.1, 0.15) is 6.17 Å². The number of amides is 2. The van der Waals surface area contributed by atoms with E-state index in [2.05, 4.69) is 0 Å². The van der Waals surface area contributed by atoms with E-state index in [1.54, 1.807) is 40.1 Å². The molecule has 0 N–H and O–H groups in total. The van der Waals surface area contributed by atoms with Crippen molar-refractivity contribution < 1.29 is 17.9 Å². The van der Waals surface area contributed by atoms with Gasteiger partial charge in [0.2, 0.25) is 10.0 Å². The minimum Gasteiger partial charge on any atom is -0.378 e. The number of rotatable bonds is 3. The number of hydrogen-bond acceptors (Lipinski definition) is 4. The van der Waals surface area contributed by atoms with Crippen LogP contribution < -0.4 is 0 Å². The Balaban J connectivity index is 1.70. The Morgan fingerprint density at radius 3 is 2.11 bits per heavy atom. The molecule has 2 aliphatic rings. The number of urea groups is 1. The molecule has 0 bridgehead atoms. The first kappa shape index (κ1) is 18.9. The van der Waals surface area contributed by atoms with Gasteiger partial charge in [-0.3, -0.25) is 0 Å². The van der Waals surface area contributed by atoms with Gasteiger partial charge >= 0.3 is 6.03 Å². The molecule has 2 aromatic rings. The number of carbonyl (C=O) groups is 1. The van der Waals surface area contributed by atoms with E-state index in [4.69, 9.17) is 4.74 Å². The van der Waals surface area contributed by atoms with E-state index in [1.165, 1.54) is 4.31 Å². The van der Waals surface area contributed by atoms with Gasteiger partial charge in [-0.25, -0.2) is 13.2 Å². The molecule has 148 valence electrons. The second-order valence-electron chi connectivity index (χ2n) is 6.79. The number of nitrogens with zero attached hydrogens (tertiary/aromatic N) is 3. The molecule has 0 saturated carbocycles. The topological polar surface area (TPSA) is 70.2 Å². The van der Waals surface area contributed by atoms with E-state index in [1.807, 2.05) is 30.3 Å². The van der Waals surface area contributed by atoms with Gasteiger partial charge < -0.3 is 14.5 Å². The number of carbonyl (C=O) groups excluding carboxylic acids is 1. The third-order valence-electron chi connectivity index (χ3n) is 5.10. The van der Waals surface area contributed by atoms with Crippen LogP contribution in [0.1, 0.15) is 11.7 Å². The van der Waals surface area contributed by atoms with Crippen molar-refractivity contribution in [2.45, 2.75) is 11.1 Å². The molecule has 2 amide bonds. The molecule has 8 heteroatoms. The van der Waals surface area contributed by atoms with Crippen LogP contribution in [0.4, 0.5) is 4.79 Å². The van der Waals surface area contributed by atoms with E-state index in [0.29, 0.717) is 32.8 Å². The zero-order valence-corrected chi connectivity index (χ0v) is 16.3.